The number of nitrogens with two attached hydrogens (primary N) is 1. The van der Waals surface area contributed by atoms with Gasteiger partial charge in [-0.25, -0.2) is 0 Å². The lowest BCUT2D eigenvalue weighted by atomic mass is 10.0. The highest BCUT2D eigenvalue weighted by molar-refractivity contribution is 5.81. The summed E-state index contributed by atoms with van der Waals surface area (Å²) >= 11 is 0. The summed E-state index contributed by atoms with van der Waals surface area (Å²) in [6, 6.07) is 5.27. The molecule has 0 aromatic heterocycles. The largest absolute Gasteiger partial charge is 0.497 e. The summed E-state index contributed by atoms with van der Waals surface area (Å²) in [4.78, 5) is 11.7. The van der Waals surface area contributed by atoms with Crippen LogP contribution in [0.5, 0.6) is 11.5 Å². The summed E-state index contributed by atoms with van der Waals surface area (Å²) < 4.78 is 10.5. The monoisotopic (exact) mass is 294 g/mol. The zero-order chi connectivity index (χ0) is 15.8. The van der Waals surface area contributed by atoms with Crippen molar-refractivity contribution in [2.45, 2.75) is 32.7 Å². The van der Waals surface area contributed by atoms with Crippen LogP contribution in [0.25, 0.3) is 0 Å². The molecule has 5 nitrogen and oxygen atoms in total. The van der Waals surface area contributed by atoms with Gasteiger partial charge in [0.1, 0.15) is 11.5 Å². The Morgan fingerprint density at radius 3 is 2.57 bits per heavy atom. The first-order valence-corrected chi connectivity index (χ1v) is 7.23. The van der Waals surface area contributed by atoms with Crippen molar-refractivity contribution in [2.24, 2.45) is 11.7 Å². The molecular weight excluding hydrogens is 268 g/mol. The standard InChI is InChI=1S/C16H26N2O3/c1-11(2)15(17)16(19)18-9-5-6-12-10-13(20-3)7-8-14(12)21-4/h7-8,10-11,15H,5-6,9,17H2,1-4H3,(H,18,19)/t15-/m0/s1. The van der Waals surface area contributed by atoms with E-state index in [9.17, 15) is 4.79 Å². The fourth-order valence-corrected chi connectivity index (χ4v) is 1.99. The topological polar surface area (TPSA) is 73.6 Å². The maximum atomic E-state index is 11.7. The van der Waals surface area contributed by atoms with Gasteiger partial charge < -0.3 is 20.5 Å². The first kappa shape index (κ1) is 17.3. The van der Waals surface area contributed by atoms with Crippen LogP contribution in [0, 0.1) is 5.92 Å². The van der Waals surface area contributed by atoms with E-state index in [-0.39, 0.29) is 11.8 Å². The minimum absolute atomic E-state index is 0.0948. The number of amides is 1. The molecule has 3 N–H and O–H groups in total. The van der Waals surface area contributed by atoms with Crippen LogP contribution < -0.4 is 20.5 Å². The molecule has 0 radical (unpaired) electrons. The maximum absolute atomic E-state index is 11.7. The summed E-state index contributed by atoms with van der Waals surface area (Å²) in [6.07, 6.45) is 1.62. The van der Waals surface area contributed by atoms with Crippen LogP contribution in [0.4, 0.5) is 0 Å². The van der Waals surface area contributed by atoms with E-state index in [2.05, 4.69) is 5.32 Å². The molecule has 0 heterocycles. The molecule has 0 aliphatic carbocycles. The van der Waals surface area contributed by atoms with Gasteiger partial charge in [0.2, 0.25) is 5.91 Å². The van der Waals surface area contributed by atoms with Gasteiger partial charge in [-0.2, -0.15) is 0 Å². The second kappa shape index (κ2) is 8.52. The van der Waals surface area contributed by atoms with Crippen LogP contribution in [-0.4, -0.2) is 32.7 Å². The molecule has 118 valence electrons. The van der Waals surface area contributed by atoms with Gasteiger partial charge in [0.15, 0.2) is 0 Å². The molecule has 1 amide bonds. The first-order valence-electron chi connectivity index (χ1n) is 7.23. The number of nitrogens with one attached hydrogen (secondary N) is 1. The van der Waals surface area contributed by atoms with Gasteiger partial charge >= 0.3 is 0 Å². The Hall–Kier alpha value is -1.75. The van der Waals surface area contributed by atoms with Gasteiger partial charge in [-0.05, 0) is 42.5 Å². The number of carbonyl (C=O) groups excluding carboxylic acids is 1. The molecule has 21 heavy (non-hydrogen) atoms. The van der Waals surface area contributed by atoms with Gasteiger partial charge in [0, 0.05) is 6.54 Å². The SMILES string of the molecule is COc1ccc(OC)c(CCCNC(=O)[C@@H](N)C(C)C)c1. The first-order chi connectivity index (χ1) is 9.99. The third-order valence-electron chi connectivity index (χ3n) is 3.43. The number of hydrogen-bond acceptors (Lipinski definition) is 4. The van der Waals surface area contributed by atoms with Crippen molar-refractivity contribution < 1.29 is 14.3 Å². The third-order valence-corrected chi connectivity index (χ3v) is 3.43. The quantitative estimate of drug-likeness (QED) is 0.716. The number of hydrogen-bond donors (Lipinski definition) is 2. The molecule has 0 bridgehead atoms. The molecule has 0 spiro atoms. The maximum Gasteiger partial charge on any atom is 0.237 e. The van der Waals surface area contributed by atoms with Crippen molar-refractivity contribution in [1.29, 1.82) is 0 Å². The molecule has 0 saturated heterocycles. The summed E-state index contributed by atoms with van der Waals surface area (Å²) in [7, 11) is 3.29. The Kier molecular flexibility index (Phi) is 7.02. The van der Waals surface area contributed by atoms with E-state index >= 15 is 0 Å². The summed E-state index contributed by atoms with van der Waals surface area (Å²) in [5.74, 6) is 1.68. The molecule has 1 aromatic rings. The lowest BCUT2D eigenvalue weighted by Gasteiger charge is -2.15. The molecule has 1 atom stereocenters. The number of carbonyl (C=O) groups is 1. The Morgan fingerprint density at radius 2 is 2.00 bits per heavy atom. The Labute approximate surface area is 126 Å². The van der Waals surface area contributed by atoms with Crippen LogP contribution in [0.1, 0.15) is 25.8 Å². The Balaban J connectivity index is 2.47. The average molecular weight is 294 g/mol. The summed E-state index contributed by atoms with van der Waals surface area (Å²) in [6.45, 7) is 4.47. The molecule has 0 aliphatic rings. The molecule has 0 fully saturated rings. The number of aryl methyl sites for hydroxylation is 1. The molecule has 1 aromatic carbocycles. The summed E-state index contributed by atoms with van der Waals surface area (Å²) in [5.41, 5.74) is 6.86. The van der Waals surface area contributed by atoms with E-state index in [1.54, 1.807) is 14.2 Å². The molecular formula is C16H26N2O3. The zero-order valence-electron chi connectivity index (χ0n) is 13.3. The minimum Gasteiger partial charge on any atom is -0.497 e. The van der Waals surface area contributed by atoms with E-state index in [0.29, 0.717) is 6.54 Å². The predicted molar refractivity (Wildman–Crippen MR) is 83.7 cm³/mol. The minimum atomic E-state index is -0.448. The fraction of sp³-hybridized carbons (Fsp3) is 0.562. The van der Waals surface area contributed by atoms with Crippen molar-refractivity contribution in [3.05, 3.63) is 23.8 Å². The smallest absolute Gasteiger partial charge is 0.237 e. The van der Waals surface area contributed by atoms with Crippen molar-refractivity contribution in [3.63, 3.8) is 0 Å². The molecule has 5 heteroatoms. The van der Waals surface area contributed by atoms with Crippen molar-refractivity contribution in [1.82, 2.24) is 5.32 Å². The number of benzene rings is 1. The van der Waals surface area contributed by atoms with Crippen molar-refractivity contribution in [3.8, 4) is 11.5 Å². The van der Waals surface area contributed by atoms with E-state index in [4.69, 9.17) is 15.2 Å². The fourth-order valence-electron chi connectivity index (χ4n) is 1.99. The van der Waals surface area contributed by atoms with Crippen LogP contribution in [0.2, 0.25) is 0 Å². The molecule has 0 aliphatic heterocycles. The van der Waals surface area contributed by atoms with Gasteiger partial charge in [-0.3, -0.25) is 4.79 Å². The predicted octanol–water partition coefficient (Wildman–Crippen LogP) is 1.74. The third kappa shape index (κ3) is 5.27. The normalized spacial score (nSPS) is 12.1. The number of rotatable bonds is 8. The van der Waals surface area contributed by atoms with Gasteiger partial charge in [-0.1, -0.05) is 13.8 Å². The molecule has 0 saturated carbocycles. The van der Waals surface area contributed by atoms with E-state index in [1.165, 1.54) is 0 Å². The van der Waals surface area contributed by atoms with Crippen LogP contribution >= 0.6 is 0 Å². The van der Waals surface area contributed by atoms with Gasteiger partial charge in [0.05, 0.1) is 20.3 Å². The molecule has 0 unspecified atom stereocenters. The summed E-state index contributed by atoms with van der Waals surface area (Å²) in [5, 5.41) is 2.86. The lowest BCUT2D eigenvalue weighted by Crippen LogP contribution is -2.44. The van der Waals surface area contributed by atoms with Crippen LogP contribution in [0.3, 0.4) is 0 Å². The van der Waals surface area contributed by atoms with E-state index in [0.717, 1.165) is 29.9 Å². The zero-order valence-corrected chi connectivity index (χ0v) is 13.3. The molecule has 1 rings (SSSR count). The Morgan fingerprint density at radius 1 is 1.29 bits per heavy atom. The Bertz CT molecular complexity index is 461. The van der Waals surface area contributed by atoms with E-state index < -0.39 is 6.04 Å². The average Bonchev–Trinajstić information content (AvgIpc) is 2.50. The van der Waals surface area contributed by atoms with Crippen molar-refractivity contribution >= 4 is 5.91 Å². The van der Waals surface area contributed by atoms with Crippen LogP contribution in [0.15, 0.2) is 18.2 Å². The van der Waals surface area contributed by atoms with Gasteiger partial charge in [0.25, 0.3) is 0 Å². The lowest BCUT2D eigenvalue weighted by molar-refractivity contribution is -0.123. The van der Waals surface area contributed by atoms with Crippen LogP contribution in [-0.2, 0) is 11.2 Å². The number of ether oxygens (including phenoxy) is 2. The number of methoxy groups -OCH3 is 2. The van der Waals surface area contributed by atoms with Crippen molar-refractivity contribution in [2.75, 3.05) is 20.8 Å². The second-order valence-electron chi connectivity index (χ2n) is 5.34. The van der Waals surface area contributed by atoms with E-state index in [1.807, 2.05) is 32.0 Å². The highest BCUT2D eigenvalue weighted by Gasteiger charge is 2.16. The second-order valence-corrected chi connectivity index (χ2v) is 5.34. The highest BCUT2D eigenvalue weighted by atomic mass is 16.5. The van der Waals surface area contributed by atoms with Gasteiger partial charge in [-0.15, -0.1) is 0 Å². The highest BCUT2D eigenvalue weighted by Crippen LogP contribution is 2.24.